The van der Waals surface area contributed by atoms with E-state index in [0.29, 0.717) is 6.42 Å². The molecule has 0 unspecified atom stereocenters. The molecule has 2 atom stereocenters. The summed E-state index contributed by atoms with van der Waals surface area (Å²) in [5, 5.41) is -0.920. The molecule has 0 aromatic heterocycles. The maximum Gasteiger partial charge on any atom is 0.324 e. The highest BCUT2D eigenvalue weighted by molar-refractivity contribution is 7.86. The number of halogens is 1. The van der Waals surface area contributed by atoms with Crippen molar-refractivity contribution >= 4 is 27.7 Å². The van der Waals surface area contributed by atoms with Crippen LogP contribution in [0.25, 0.3) is 0 Å². The largest absolute Gasteiger partial charge is 0.459 e. The van der Waals surface area contributed by atoms with Gasteiger partial charge in [0.25, 0.3) is 10.1 Å². The number of esters is 1. The van der Waals surface area contributed by atoms with Gasteiger partial charge in [-0.05, 0) is 27.2 Å². The lowest BCUT2D eigenvalue weighted by Gasteiger charge is -2.23. The average molecular weight is 301 g/mol. The normalized spacial score (nSPS) is 16.1. The van der Waals surface area contributed by atoms with Gasteiger partial charge in [-0.25, -0.2) is 0 Å². The van der Waals surface area contributed by atoms with Crippen LogP contribution in [0.2, 0.25) is 0 Å². The standard InChI is InChI=1S/C11H21ClO5S/c1-6-8(17-18(5,14)15)7-9(12)10(13)16-11(2,3)4/h8-9H,6-7H2,1-5H3/t8-,9+/m0/s1. The summed E-state index contributed by atoms with van der Waals surface area (Å²) in [4.78, 5) is 11.6. The van der Waals surface area contributed by atoms with Crippen molar-refractivity contribution in [2.45, 2.75) is 57.6 Å². The third-order valence-electron chi connectivity index (χ3n) is 1.90. The van der Waals surface area contributed by atoms with Gasteiger partial charge >= 0.3 is 5.97 Å². The molecule has 0 spiro atoms. The molecule has 0 amide bonds. The summed E-state index contributed by atoms with van der Waals surface area (Å²) >= 11 is 5.89. The Kier molecular flexibility index (Phi) is 6.60. The van der Waals surface area contributed by atoms with Gasteiger partial charge in [0.15, 0.2) is 0 Å². The van der Waals surface area contributed by atoms with Crippen LogP contribution in [0, 0.1) is 0 Å². The van der Waals surface area contributed by atoms with Crippen LogP contribution >= 0.6 is 11.6 Å². The van der Waals surface area contributed by atoms with Gasteiger partial charge in [-0.15, -0.1) is 11.6 Å². The molecule has 0 fully saturated rings. The molecular formula is C11H21ClO5S. The van der Waals surface area contributed by atoms with Crippen molar-refractivity contribution in [3.05, 3.63) is 0 Å². The minimum absolute atomic E-state index is 0.0973. The second kappa shape index (κ2) is 6.73. The van der Waals surface area contributed by atoms with Crippen LogP contribution in [0.1, 0.15) is 40.5 Å². The first-order chi connectivity index (χ1) is 7.94. The number of alkyl halides is 1. The van der Waals surface area contributed by atoms with Gasteiger partial charge in [0.1, 0.15) is 11.0 Å². The Balaban J connectivity index is 4.44. The molecule has 0 aliphatic rings. The van der Waals surface area contributed by atoms with Gasteiger partial charge in [0.2, 0.25) is 0 Å². The number of carbonyl (C=O) groups excluding carboxylic acids is 1. The fraction of sp³-hybridized carbons (Fsp3) is 0.909. The smallest absolute Gasteiger partial charge is 0.324 e. The monoisotopic (exact) mass is 300 g/mol. The molecule has 0 saturated carbocycles. The Morgan fingerprint density at radius 1 is 1.33 bits per heavy atom. The molecular weight excluding hydrogens is 280 g/mol. The molecule has 0 saturated heterocycles. The van der Waals surface area contributed by atoms with E-state index in [9.17, 15) is 13.2 Å². The van der Waals surface area contributed by atoms with E-state index < -0.39 is 33.2 Å². The Bertz CT molecular complexity index is 371. The molecule has 0 aromatic carbocycles. The molecule has 0 aliphatic heterocycles. The predicted octanol–water partition coefficient (Wildman–Crippen LogP) is 2.08. The van der Waals surface area contributed by atoms with E-state index in [0.717, 1.165) is 6.26 Å². The van der Waals surface area contributed by atoms with E-state index in [1.165, 1.54) is 0 Å². The van der Waals surface area contributed by atoms with E-state index >= 15 is 0 Å². The van der Waals surface area contributed by atoms with Gasteiger partial charge in [0, 0.05) is 6.42 Å². The number of hydrogen-bond acceptors (Lipinski definition) is 5. The van der Waals surface area contributed by atoms with E-state index in [4.69, 9.17) is 20.5 Å². The number of rotatable bonds is 6. The van der Waals surface area contributed by atoms with E-state index in [2.05, 4.69) is 0 Å². The highest BCUT2D eigenvalue weighted by Gasteiger charge is 2.27. The lowest BCUT2D eigenvalue weighted by Crippen LogP contribution is -2.32. The molecule has 0 aromatic rings. The summed E-state index contributed by atoms with van der Waals surface area (Å²) in [6.45, 7) is 6.96. The summed E-state index contributed by atoms with van der Waals surface area (Å²) in [6.07, 6.45) is 0.890. The van der Waals surface area contributed by atoms with Crippen molar-refractivity contribution in [1.29, 1.82) is 0 Å². The summed E-state index contributed by atoms with van der Waals surface area (Å²) in [5.74, 6) is -0.570. The maximum absolute atomic E-state index is 11.6. The predicted molar refractivity (Wildman–Crippen MR) is 70.1 cm³/mol. The highest BCUT2D eigenvalue weighted by atomic mass is 35.5. The van der Waals surface area contributed by atoms with Gasteiger partial charge < -0.3 is 4.74 Å². The number of carbonyl (C=O) groups is 1. The molecule has 18 heavy (non-hydrogen) atoms. The fourth-order valence-corrected chi connectivity index (χ4v) is 2.17. The van der Waals surface area contributed by atoms with Crippen LogP contribution in [-0.4, -0.2) is 37.7 Å². The first kappa shape index (κ1) is 17.7. The molecule has 108 valence electrons. The SMILES string of the molecule is CC[C@@H](C[C@@H](Cl)C(=O)OC(C)(C)C)OS(C)(=O)=O. The van der Waals surface area contributed by atoms with Gasteiger partial charge in [-0.1, -0.05) is 6.92 Å². The third-order valence-corrected chi connectivity index (χ3v) is 2.88. The Morgan fingerprint density at radius 3 is 2.17 bits per heavy atom. The van der Waals surface area contributed by atoms with Crippen molar-refractivity contribution in [3.8, 4) is 0 Å². The Morgan fingerprint density at radius 2 is 1.83 bits per heavy atom. The van der Waals surface area contributed by atoms with Crippen molar-refractivity contribution in [2.75, 3.05) is 6.26 Å². The van der Waals surface area contributed by atoms with E-state index in [1.54, 1.807) is 27.7 Å². The van der Waals surface area contributed by atoms with Crippen molar-refractivity contribution in [2.24, 2.45) is 0 Å². The second-order valence-corrected chi connectivity index (χ2v) is 7.19. The molecule has 5 nitrogen and oxygen atoms in total. The quantitative estimate of drug-likeness (QED) is 0.427. The average Bonchev–Trinajstić information content (AvgIpc) is 2.11. The molecule has 0 N–H and O–H groups in total. The minimum Gasteiger partial charge on any atom is -0.459 e. The van der Waals surface area contributed by atoms with Crippen molar-refractivity contribution in [1.82, 2.24) is 0 Å². The summed E-state index contributed by atoms with van der Waals surface area (Å²) in [7, 11) is -3.55. The Hall–Kier alpha value is -0.330. The zero-order valence-electron chi connectivity index (χ0n) is 11.4. The van der Waals surface area contributed by atoms with Gasteiger partial charge in [-0.2, -0.15) is 8.42 Å². The summed E-state index contributed by atoms with van der Waals surface area (Å²) < 4.78 is 31.9. The molecule has 0 heterocycles. The fourth-order valence-electron chi connectivity index (χ4n) is 1.21. The van der Waals surface area contributed by atoms with Crippen LogP contribution < -0.4 is 0 Å². The topological polar surface area (TPSA) is 69.7 Å². The molecule has 0 radical (unpaired) electrons. The zero-order chi connectivity index (χ0) is 14.6. The summed E-state index contributed by atoms with van der Waals surface area (Å²) in [6, 6.07) is 0. The molecule has 0 aliphatic carbocycles. The lowest BCUT2D eigenvalue weighted by atomic mass is 10.1. The van der Waals surface area contributed by atoms with Crippen LogP contribution in [0.4, 0.5) is 0 Å². The van der Waals surface area contributed by atoms with Crippen LogP contribution in [0.3, 0.4) is 0 Å². The molecule has 0 rings (SSSR count). The highest BCUT2D eigenvalue weighted by Crippen LogP contribution is 2.18. The van der Waals surface area contributed by atoms with Gasteiger partial charge in [0.05, 0.1) is 12.4 Å². The van der Waals surface area contributed by atoms with Gasteiger partial charge in [-0.3, -0.25) is 8.98 Å². The number of ether oxygens (including phenoxy) is 1. The maximum atomic E-state index is 11.6. The Labute approximate surface area is 114 Å². The third kappa shape index (κ3) is 8.72. The first-order valence-electron chi connectivity index (χ1n) is 5.70. The van der Waals surface area contributed by atoms with Crippen LogP contribution in [0.5, 0.6) is 0 Å². The van der Waals surface area contributed by atoms with Crippen LogP contribution in [-0.2, 0) is 23.8 Å². The number of hydrogen-bond donors (Lipinski definition) is 0. The molecule has 0 bridgehead atoms. The van der Waals surface area contributed by atoms with E-state index in [-0.39, 0.29) is 6.42 Å². The summed E-state index contributed by atoms with van der Waals surface area (Å²) in [5.41, 5.74) is -0.621. The molecule has 7 heteroatoms. The van der Waals surface area contributed by atoms with E-state index in [1.807, 2.05) is 0 Å². The first-order valence-corrected chi connectivity index (χ1v) is 7.95. The van der Waals surface area contributed by atoms with Crippen molar-refractivity contribution in [3.63, 3.8) is 0 Å². The zero-order valence-corrected chi connectivity index (χ0v) is 13.0. The second-order valence-electron chi connectivity index (χ2n) is 5.07. The minimum atomic E-state index is -3.55. The van der Waals surface area contributed by atoms with Crippen molar-refractivity contribution < 1.29 is 22.1 Å². The van der Waals surface area contributed by atoms with Crippen LogP contribution in [0.15, 0.2) is 0 Å². The lowest BCUT2D eigenvalue weighted by molar-refractivity contribution is -0.154.